The van der Waals surface area contributed by atoms with Gasteiger partial charge in [0, 0.05) is 5.56 Å². The van der Waals surface area contributed by atoms with Crippen molar-refractivity contribution in [2.45, 2.75) is 33.7 Å². The third kappa shape index (κ3) is 4.93. The minimum Gasteiger partial charge on any atom is -0.494 e. The second kappa shape index (κ2) is 10.7. The highest BCUT2D eigenvalue weighted by molar-refractivity contribution is 7.07. The molecule has 182 valence electrons. The Bertz CT molecular complexity index is 1430. The Morgan fingerprint density at radius 3 is 2.43 bits per heavy atom. The molecule has 2 heterocycles. The molecular weight excluding hydrogens is 464 g/mol. The predicted molar refractivity (Wildman–Crippen MR) is 136 cm³/mol. The molecule has 1 aromatic heterocycles. The van der Waals surface area contributed by atoms with E-state index in [1.165, 1.54) is 11.3 Å². The monoisotopic (exact) mass is 492 g/mol. The third-order valence-electron chi connectivity index (χ3n) is 5.53. The minimum absolute atomic E-state index is 0.226. The van der Waals surface area contributed by atoms with Crippen LogP contribution in [0.2, 0.25) is 0 Å². The molecule has 3 aromatic rings. The molecule has 0 spiro atoms. The molecule has 1 aliphatic rings. The summed E-state index contributed by atoms with van der Waals surface area (Å²) >= 11 is 1.29. The molecule has 1 unspecified atom stereocenters. The highest BCUT2D eigenvalue weighted by atomic mass is 32.1. The van der Waals surface area contributed by atoms with Crippen molar-refractivity contribution < 1.29 is 19.0 Å². The number of aromatic nitrogens is 1. The summed E-state index contributed by atoms with van der Waals surface area (Å²) in [6, 6.07) is 14.3. The van der Waals surface area contributed by atoms with Crippen molar-refractivity contribution in [1.82, 2.24) is 4.57 Å². The number of esters is 1. The summed E-state index contributed by atoms with van der Waals surface area (Å²) in [5, 5.41) is 0. The largest absolute Gasteiger partial charge is 0.494 e. The van der Waals surface area contributed by atoms with Gasteiger partial charge in [-0.15, -0.1) is 0 Å². The Morgan fingerprint density at radius 1 is 1.03 bits per heavy atom. The van der Waals surface area contributed by atoms with Crippen LogP contribution in [0.1, 0.15) is 44.9 Å². The standard InChI is InChI=1S/C27H28N2O5S/c1-5-32-20-14-12-18(13-15-20)24-23(26(31)34-7-3)17(4)28-27-29(24)25(30)22(35-27)16-19-10-8-9-11-21(19)33-6-2/h8-16,24H,5-7H2,1-4H3. The molecule has 1 aliphatic heterocycles. The van der Waals surface area contributed by atoms with Crippen LogP contribution in [0.15, 0.2) is 69.6 Å². The zero-order valence-corrected chi connectivity index (χ0v) is 21.1. The number of carbonyl (C=O) groups excluding carboxylic acids is 1. The van der Waals surface area contributed by atoms with E-state index in [0.717, 1.165) is 16.9 Å². The van der Waals surface area contributed by atoms with Crippen LogP contribution in [-0.2, 0) is 9.53 Å². The number of rotatable bonds is 8. The van der Waals surface area contributed by atoms with E-state index in [4.69, 9.17) is 14.2 Å². The lowest BCUT2D eigenvalue weighted by molar-refractivity contribution is -0.139. The van der Waals surface area contributed by atoms with Crippen molar-refractivity contribution in [3.8, 4) is 11.5 Å². The Labute approximate surface area is 207 Å². The van der Waals surface area contributed by atoms with Crippen molar-refractivity contribution >= 4 is 23.4 Å². The molecule has 0 bridgehead atoms. The zero-order chi connectivity index (χ0) is 24.9. The van der Waals surface area contributed by atoms with Crippen LogP contribution >= 0.6 is 11.3 Å². The lowest BCUT2D eigenvalue weighted by Gasteiger charge is -2.24. The van der Waals surface area contributed by atoms with Crippen molar-refractivity contribution in [3.63, 3.8) is 0 Å². The fraction of sp³-hybridized carbons (Fsp3) is 0.296. The van der Waals surface area contributed by atoms with E-state index in [1.807, 2.05) is 68.5 Å². The number of allylic oxidation sites excluding steroid dienone is 1. The fourth-order valence-corrected chi connectivity index (χ4v) is 5.09. The van der Waals surface area contributed by atoms with Crippen molar-refractivity contribution in [1.29, 1.82) is 0 Å². The van der Waals surface area contributed by atoms with E-state index in [1.54, 1.807) is 18.4 Å². The Morgan fingerprint density at radius 2 is 1.74 bits per heavy atom. The molecule has 8 heteroatoms. The van der Waals surface area contributed by atoms with Gasteiger partial charge in [0.1, 0.15) is 11.5 Å². The van der Waals surface area contributed by atoms with Crippen LogP contribution in [0.5, 0.6) is 11.5 Å². The Kier molecular flexibility index (Phi) is 7.51. The van der Waals surface area contributed by atoms with Gasteiger partial charge in [-0.25, -0.2) is 9.79 Å². The Hall–Kier alpha value is -3.65. The quantitative estimate of drug-likeness (QED) is 0.449. The summed E-state index contributed by atoms with van der Waals surface area (Å²) in [6.45, 7) is 8.66. The molecule has 1 atom stereocenters. The first-order valence-corrected chi connectivity index (χ1v) is 12.4. The van der Waals surface area contributed by atoms with E-state index < -0.39 is 12.0 Å². The predicted octanol–water partition coefficient (Wildman–Crippen LogP) is 3.60. The first kappa shape index (κ1) is 24.5. The number of benzene rings is 2. The van der Waals surface area contributed by atoms with Crippen LogP contribution in [0.4, 0.5) is 0 Å². The van der Waals surface area contributed by atoms with Gasteiger partial charge in [0.05, 0.1) is 41.7 Å². The summed E-state index contributed by atoms with van der Waals surface area (Å²) < 4.78 is 18.7. The van der Waals surface area contributed by atoms with Gasteiger partial charge >= 0.3 is 5.97 Å². The molecule has 0 saturated carbocycles. The number of carbonyl (C=O) groups is 1. The maximum absolute atomic E-state index is 13.7. The molecular formula is C27H28N2O5S. The van der Waals surface area contributed by atoms with E-state index in [-0.39, 0.29) is 12.2 Å². The second-order valence-corrected chi connectivity index (χ2v) is 8.78. The van der Waals surface area contributed by atoms with Crippen LogP contribution in [-0.4, -0.2) is 30.4 Å². The van der Waals surface area contributed by atoms with Gasteiger partial charge in [-0.2, -0.15) is 0 Å². The van der Waals surface area contributed by atoms with Gasteiger partial charge in [-0.3, -0.25) is 9.36 Å². The zero-order valence-electron chi connectivity index (χ0n) is 20.2. The molecule has 2 aromatic carbocycles. The molecule has 7 nitrogen and oxygen atoms in total. The summed E-state index contributed by atoms with van der Waals surface area (Å²) in [6.07, 6.45) is 1.81. The van der Waals surface area contributed by atoms with E-state index in [2.05, 4.69) is 4.99 Å². The van der Waals surface area contributed by atoms with Crippen LogP contribution in [0, 0.1) is 0 Å². The molecule has 0 radical (unpaired) electrons. The number of nitrogens with zero attached hydrogens (tertiary/aromatic N) is 2. The lowest BCUT2D eigenvalue weighted by atomic mass is 9.96. The lowest BCUT2D eigenvalue weighted by Crippen LogP contribution is -2.39. The molecule has 0 fully saturated rings. The number of fused-ring (bicyclic) bond motifs is 1. The van der Waals surface area contributed by atoms with Crippen LogP contribution < -0.4 is 24.4 Å². The molecule has 0 aliphatic carbocycles. The highest BCUT2D eigenvalue weighted by Crippen LogP contribution is 2.31. The van der Waals surface area contributed by atoms with E-state index in [9.17, 15) is 9.59 Å². The molecule has 0 amide bonds. The summed E-state index contributed by atoms with van der Waals surface area (Å²) in [4.78, 5) is 31.9. The van der Waals surface area contributed by atoms with Crippen LogP contribution in [0.25, 0.3) is 6.08 Å². The van der Waals surface area contributed by atoms with Crippen molar-refractivity contribution in [3.05, 3.63) is 90.6 Å². The highest BCUT2D eigenvalue weighted by Gasteiger charge is 2.33. The van der Waals surface area contributed by atoms with E-state index >= 15 is 0 Å². The maximum atomic E-state index is 13.7. The Balaban J connectivity index is 1.91. The summed E-state index contributed by atoms with van der Waals surface area (Å²) in [5.41, 5.74) is 2.23. The van der Waals surface area contributed by atoms with Gasteiger partial charge in [-0.05, 0) is 57.5 Å². The number of hydrogen-bond donors (Lipinski definition) is 0. The van der Waals surface area contributed by atoms with Gasteiger partial charge in [0.15, 0.2) is 4.80 Å². The number of thiazole rings is 1. The van der Waals surface area contributed by atoms with Gasteiger partial charge in [0.2, 0.25) is 0 Å². The molecule has 0 saturated heterocycles. The maximum Gasteiger partial charge on any atom is 0.338 e. The third-order valence-corrected chi connectivity index (χ3v) is 6.51. The van der Waals surface area contributed by atoms with Gasteiger partial charge in [0.25, 0.3) is 5.56 Å². The van der Waals surface area contributed by atoms with E-state index in [0.29, 0.717) is 39.6 Å². The summed E-state index contributed by atoms with van der Waals surface area (Å²) in [5.74, 6) is 0.936. The SMILES string of the molecule is CCOC(=O)C1=C(C)N=c2sc(=Cc3ccccc3OCC)c(=O)n2C1c1ccc(OCC)cc1. The number of hydrogen-bond acceptors (Lipinski definition) is 7. The average molecular weight is 493 g/mol. The first-order chi connectivity index (χ1) is 17.0. The number of ether oxygens (including phenoxy) is 3. The van der Waals surface area contributed by atoms with Gasteiger partial charge in [-0.1, -0.05) is 41.7 Å². The fourth-order valence-electron chi connectivity index (χ4n) is 4.05. The minimum atomic E-state index is -0.662. The van der Waals surface area contributed by atoms with Gasteiger partial charge < -0.3 is 14.2 Å². The van der Waals surface area contributed by atoms with Crippen molar-refractivity contribution in [2.24, 2.45) is 4.99 Å². The second-order valence-electron chi connectivity index (χ2n) is 7.78. The smallest absolute Gasteiger partial charge is 0.338 e. The first-order valence-electron chi connectivity index (χ1n) is 11.6. The van der Waals surface area contributed by atoms with Crippen molar-refractivity contribution in [2.75, 3.05) is 19.8 Å². The van der Waals surface area contributed by atoms with Crippen LogP contribution in [0.3, 0.4) is 0 Å². The average Bonchev–Trinajstić information content (AvgIpc) is 3.15. The normalized spacial score (nSPS) is 15.4. The topological polar surface area (TPSA) is 79.1 Å². The molecule has 35 heavy (non-hydrogen) atoms. The summed E-state index contributed by atoms with van der Waals surface area (Å²) in [7, 11) is 0. The molecule has 4 rings (SSSR count). The number of para-hydroxylation sites is 1. The molecule has 0 N–H and O–H groups in total.